The van der Waals surface area contributed by atoms with Crippen LogP contribution < -0.4 is 10.1 Å². The van der Waals surface area contributed by atoms with Crippen molar-refractivity contribution in [1.29, 1.82) is 0 Å². The Bertz CT molecular complexity index is 1700. The van der Waals surface area contributed by atoms with E-state index in [1.165, 1.54) is 6.07 Å². The molecule has 1 amide bonds. The second kappa shape index (κ2) is 13.3. The summed E-state index contributed by atoms with van der Waals surface area (Å²) in [6, 6.07) is 12.2. The maximum absolute atomic E-state index is 12.1. The van der Waals surface area contributed by atoms with Crippen molar-refractivity contribution < 1.29 is 19.2 Å². The lowest BCUT2D eigenvalue weighted by molar-refractivity contribution is -0.387. The second-order valence-electron chi connectivity index (χ2n) is 12.1. The molecule has 0 spiro atoms. The Labute approximate surface area is 265 Å². The van der Waals surface area contributed by atoms with Gasteiger partial charge in [-0.05, 0) is 53.4 Å². The molecule has 13 heteroatoms. The van der Waals surface area contributed by atoms with Gasteiger partial charge in [0.1, 0.15) is 5.75 Å². The number of fused-ring (bicyclic) bond motifs is 1. The standard InChI is InChI=1S/C31H36N6O5S2/c1-9-43-24-15-12-21(16-23(24)37(39)40)42-18-41-17-31(7,8)29-34-33-27-25(26(30(4,5)6)35-36(27)29)44-22-13-10-20(11-14-22)32-28(38)19(2)3/h1,10-16,19,35H,17-18H2,2-8H3,(H,32,38). The van der Waals surface area contributed by atoms with Crippen LogP contribution in [0.1, 0.15) is 60.0 Å². The summed E-state index contributed by atoms with van der Waals surface area (Å²) in [6.45, 7) is 14.2. The molecule has 2 aromatic carbocycles. The van der Waals surface area contributed by atoms with Gasteiger partial charge in [-0.1, -0.05) is 60.2 Å². The fourth-order valence-corrected chi connectivity index (χ4v) is 5.90. The second-order valence-corrected chi connectivity index (χ2v) is 14.1. The summed E-state index contributed by atoms with van der Waals surface area (Å²) in [5.41, 5.74) is 1.56. The van der Waals surface area contributed by atoms with Crippen molar-refractivity contribution >= 4 is 46.5 Å². The molecule has 4 rings (SSSR count). The first-order valence-electron chi connectivity index (χ1n) is 13.9. The van der Waals surface area contributed by atoms with Crippen LogP contribution in [-0.4, -0.2) is 44.0 Å². The lowest BCUT2D eigenvalue weighted by atomic mass is 9.92. The van der Waals surface area contributed by atoms with E-state index < -0.39 is 10.3 Å². The fraction of sp³-hybridized carbons (Fsp3) is 0.387. The molecule has 0 aliphatic rings. The Morgan fingerprint density at radius 1 is 1.16 bits per heavy atom. The van der Waals surface area contributed by atoms with E-state index >= 15 is 0 Å². The third-order valence-corrected chi connectivity index (χ3v) is 8.39. The number of H-pyrrole nitrogens is 1. The molecular formula is C31H36N6O5S2. The summed E-state index contributed by atoms with van der Waals surface area (Å²) in [4.78, 5) is 25.3. The SMILES string of the molecule is C#CSc1ccc(OCOCC(C)(C)c2nnc3c(Sc4ccc(NC(=O)C(C)C)cc4)c(C(C)(C)C)[nH]n23)cc1[N+](=O)[O-]. The Kier molecular flexibility index (Phi) is 9.98. The highest BCUT2D eigenvalue weighted by Gasteiger charge is 2.32. The van der Waals surface area contributed by atoms with E-state index in [4.69, 9.17) is 15.9 Å². The van der Waals surface area contributed by atoms with Crippen molar-refractivity contribution in [1.82, 2.24) is 19.8 Å². The van der Waals surface area contributed by atoms with Crippen LogP contribution in [0.2, 0.25) is 0 Å². The molecule has 2 aromatic heterocycles. The van der Waals surface area contributed by atoms with E-state index in [0.717, 1.165) is 32.9 Å². The molecule has 0 bridgehead atoms. The smallest absolute Gasteiger partial charge is 0.287 e. The van der Waals surface area contributed by atoms with E-state index in [9.17, 15) is 14.9 Å². The number of nitro benzene ring substituents is 1. The third-order valence-electron chi connectivity index (χ3n) is 6.61. The highest BCUT2D eigenvalue weighted by Crippen LogP contribution is 2.40. The summed E-state index contributed by atoms with van der Waals surface area (Å²) in [5.74, 6) is 0.857. The van der Waals surface area contributed by atoms with Crippen LogP contribution in [0.5, 0.6) is 5.75 Å². The average molecular weight is 637 g/mol. The van der Waals surface area contributed by atoms with Gasteiger partial charge in [-0.15, -0.1) is 16.6 Å². The molecule has 0 atom stereocenters. The van der Waals surface area contributed by atoms with E-state index in [-0.39, 0.29) is 36.3 Å². The number of hydrogen-bond acceptors (Lipinski definition) is 9. The number of aromatic amines is 1. The Morgan fingerprint density at radius 2 is 1.86 bits per heavy atom. The third kappa shape index (κ3) is 7.56. The monoisotopic (exact) mass is 636 g/mol. The zero-order valence-corrected chi connectivity index (χ0v) is 27.4. The number of nitrogens with zero attached hydrogens (tertiary/aromatic N) is 4. The summed E-state index contributed by atoms with van der Waals surface area (Å²) in [6.07, 6.45) is 5.29. The van der Waals surface area contributed by atoms with Crippen LogP contribution >= 0.6 is 23.5 Å². The van der Waals surface area contributed by atoms with Crippen LogP contribution in [0, 0.1) is 27.7 Å². The highest BCUT2D eigenvalue weighted by atomic mass is 32.2. The minimum atomic E-state index is -0.569. The van der Waals surface area contributed by atoms with Gasteiger partial charge in [0.2, 0.25) is 5.91 Å². The van der Waals surface area contributed by atoms with Gasteiger partial charge in [0.05, 0.1) is 38.5 Å². The van der Waals surface area contributed by atoms with E-state index in [0.29, 0.717) is 22.1 Å². The first-order chi connectivity index (χ1) is 20.7. The minimum absolute atomic E-state index is 0.0279. The molecule has 0 saturated carbocycles. The first-order valence-corrected chi connectivity index (χ1v) is 15.5. The quantitative estimate of drug-likeness (QED) is 0.0420. The van der Waals surface area contributed by atoms with Gasteiger partial charge in [-0.2, -0.15) is 0 Å². The van der Waals surface area contributed by atoms with Gasteiger partial charge in [-0.25, -0.2) is 4.52 Å². The number of aromatic nitrogens is 4. The van der Waals surface area contributed by atoms with E-state index in [2.05, 4.69) is 46.6 Å². The topological polar surface area (TPSA) is 137 Å². The van der Waals surface area contributed by atoms with Gasteiger partial charge in [-0.3, -0.25) is 20.0 Å². The molecule has 11 nitrogen and oxygen atoms in total. The molecule has 232 valence electrons. The number of carbonyl (C=O) groups is 1. The predicted octanol–water partition coefficient (Wildman–Crippen LogP) is 7.02. The molecule has 4 aromatic rings. The number of amides is 1. The van der Waals surface area contributed by atoms with Crippen LogP contribution in [-0.2, 0) is 20.4 Å². The molecule has 0 radical (unpaired) electrons. The maximum Gasteiger partial charge on any atom is 0.287 e. The molecule has 2 N–H and O–H groups in total. The molecule has 0 saturated heterocycles. The number of nitrogens with one attached hydrogen (secondary N) is 2. The number of benzene rings is 2. The van der Waals surface area contributed by atoms with Gasteiger partial charge in [0, 0.05) is 21.9 Å². The van der Waals surface area contributed by atoms with Crippen molar-refractivity contribution in [3.8, 4) is 17.4 Å². The van der Waals surface area contributed by atoms with E-state index in [1.807, 2.05) is 56.5 Å². The lowest BCUT2D eigenvalue weighted by Gasteiger charge is -2.22. The summed E-state index contributed by atoms with van der Waals surface area (Å²) in [5, 5.41) is 29.3. The van der Waals surface area contributed by atoms with Crippen molar-refractivity contribution in [2.24, 2.45) is 5.92 Å². The number of carbonyl (C=O) groups excluding carboxylic acids is 1. The zero-order chi connectivity index (χ0) is 32.2. The number of hydrogen-bond donors (Lipinski definition) is 2. The van der Waals surface area contributed by atoms with Gasteiger partial charge in [0.25, 0.3) is 5.69 Å². The largest absolute Gasteiger partial charge is 0.467 e. The number of anilines is 1. The first kappa shape index (κ1) is 32.9. The van der Waals surface area contributed by atoms with E-state index in [1.54, 1.807) is 23.9 Å². The predicted molar refractivity (Wildman–Crippen MR) is 172 cm³/mol. The molecule has 2 heterocycles. The van der Waals surface area contributed by atoms with Crippen molar-refractivity contribution in [3.05, 3.63) is 64.1 Å². The lowest BCUT2D eigenvalue weighted by Crippen LogP contribution is -2.28. The molecule has 0 fully saturated rings. The Balaban J connectivity index is 1.50. The molecule has 44 heavy (non-hydrogen) atoms. The number of nitro groups is 1. The summed E-state index contributed by atoms with van der Waals surface area (Å²) >= 11 is 2.53. The Morgan fingerprint density at radius 3 is 2.48 bits per heavy atom. The minimum Gasteiger partial charge on any atom is -0.467 e. The number of ether oxygens (including phenoxy) is 2. The van der Waals surface area contributed by atoms with Crippen molar-refractivity contribution in [2.45, 2.75) is 74.0 Å². The van der Waals surface area contributed by atoms with Crippen LogP contribution in [0.4, 0.5) is 11.4 Å². The molecule has 0 unspecified atom stereocenters. The summed E-state index contributed by atoms with van der Waals surface area (Å²) in [7, 11) is 0. The average Bonchev–Trinajstić information content (AvgIpc) is 3.53. The van der Waals surface area contributed by atoms with Crippen molar-refractivity contribution in [2.75, 3.05) is 18.7 Å². The normalized spacial score (nSPS) is 12.0. The fourth-order valence-electron chi connectivity index (χ4n) is 4.22. The maximum atomic E-state index is 12.1. The van der Waals surface area contributed by atoms with Crippen molar-refractivity contribution in [3.63, 3.8) is 0 Å². The molecular weight excluding hydrogens is 601 g/mol. The van der Waals surface area contributed by atoms with Gasteiger partial charge < -0.3 is 14.8 Å². The van der Waals surface area contributed by atoms with Crippen LogP contribution in [0.25, 0.3) is 5.65 Å². The van der Waals surface area contributed by atoms with Gasteiger partial charge >= 0.3 is 0 Å². The Hall–Kier alpha value is -3.99. The van der Waals surface area contributed by atoms with Crippen LogP contribution in [0.3, 0.4) is 0 Å². The number of rotatable bonds is 12. The van der Waals surface area contributed by atoms with Crippen LogP contribution in [0.15, 0.2) is 57.2 Å². The summed E-state index contributed by atoms with van der Waals surface area (Å²) < 4.78 is 13.4. The zero-order valence-electron chi connectivity index (χ0n) is 25.8. The highest BCUT2D eigenvalue weighted by molar-refractivity contribution is 8.04. The van der Waals surface area contributed by atoms with Gasteiger partial charge in [0.15, 0.2) is 18.3 Å². The molecule has 0 aliphatic carbocycles. The number of terminal acetylenes is 1. The molecule has 0 aliphatic heterocycles. The number of thioether (sulfide) groups is 1.